The lowest BCUT2D eigenvalue weighted by Crippen LogP contribution is -2.38. The van der Waals surface area contributed by atoms with Gasteiger partial charge in [-0.1, -0.05) is 6.08 Å². The second kappa shape index (κ2) is 7.12. The number of nitrogens with zero attached hydrogens (tertiary/aromatic N) is 1. The van der Waals surface area contributed by atoms with E-state index >= 15 is 0 Å². The van der Waals surface area contributed by atoms with E-state index < -0.39 is 11.8 Å². The van der Waals surface area contributed by atoms with Gasteiger partial charge in [0.2, 0.25) is 0 Å². The van der Waals surface area contributed by atoms with E-state index in [0.717, 1.165) is 6.42 Å². The first-order valence-electron chi connectivity index (χ1n) is 8.52. The molecule has 6 heteroatoms. The molecule has 0 amide bonds. The lowest BCUT2D eigenvalue weighted by molar-refractivity contribution is -0.121. The SMILES string of the molecule is COCCCc1nc(C(F)F)ccc1C(=O)C12CCC(C=CC1=O)C2. The Bertz CT molecular complexity index is 717. The first kappa shape index (κ1) is 17.9. The third kappa shape index (κ3) is 3.27. The van der Waals surface area contributed by atoms with E-state index in [9.17, 15) is 18.4 Å². The van der Waals surface area contributed by atoms with E-state index in [-0.39, 0.29) is 23.2 Å². The summed E-state index contributed by atoms with van der Waals surface area (Å²) in [6.07, 6.45) is 3.43. The van der Waals surface area contributed by atoms with Crippen molar-refractivity contribution in [1.29, 1.82) is 0 Å². The minimum absolute atomic E-state index is 0.174. The summed E-state index contributed by atoms with van der Waals surface area (Å²) in [4.78, 5) is 29.7. The molecular formula is C19H21F2NO3. The summed E-state index contributed by atoms with van der Waals surface area (Å²) < 4.78 is 31.0. The number of hydrogen-bond donors (Lipinski definition) is 0. The fraction of sp³-hybridized carbons (Fsp3) is 0.526. The second-order valence-electron chi connectivity index (χ2n) is 6.76. The normalized spacial score (nSPS) is 25.0. The highest BCUT2D eigenvalue weighted by Gasteiger charge is 2.51. The Hall–Kier alpha value is -1.95. The number of fused-ring (bicyclic) bond motifs is 2. The number of pyridine rings is 1. The predicted molar refractivity (Wildman–Crippen MR) is 87.6 cm³/mol. The van der Waals surface area contributed by atoms with Gasteiger partial charge in [-0.3, -0.25) is 14.6 Å². The van der Waals surface area contributed by atoms with Crippen LogP contribution in [0.25, 0.3) is 0 Å². The fourth-order valence-electron chi connectivity index (χ4n) is 3.85. The van der Waals surface area contributed by atoms with Crippen molar-refractivity contribution in [2.45, 2.75) is 38.5 Å². The Morgan fingerprint density at radius 3 is 2.96 bits per heavy atom. The lowest BCUT2D eigenvalue weighted by Gasteiger charge is -2.28. The molecule has 0 aromatic carbocycles. The quantitative estimate of drug-likeness (QED) is 0.428. The maximum absolute atomic E-state index is 13.2. The van der Waals surface area contributed by atoms with Gasteiger partial charge in [-0.2, -0.15) is 0 Å². The number of methoxy groups -OCH3 is 1. The first-order chi connectivity index (χ1) is 12.0. The molecule has 2 atom stereocenters. The van der Waals surface area contributed by atoms with Gasteiger partial charge in [0.15, 0.2) is 11.6 Å². The van der Waals surface area contributed by atoms with Crippen molar-refractivity contribution < 1.29 is 23.1 Å². The van der Waals surface area contributed by atoms with Crippen molar-refractivity contribution in [1.82, 2.24) is 4.98 Å². The summed E-state index contributed by atoms with van der Waals surface area (Å²) in [6, 6.07) is 2.59. The molecule has 0 N–H and O–H groups in total. The van der Waals surface area contributed by atoms with Gasteiger partial charge in [0.1, 0.15) is 5.69 Å². The van der Waals surface area contributed by atoms with Gasteiger partial charge in [-0.15, -0.1) is 0 Å². The van der Waals surface area contributed by atoms with Crippen LogP contribution in [0.2, 0.25) is 0 Å². The number of hydrogen-bond acceptors (Lipinski definition) is 4. The van der Waals surface area contributed by atoms with Crippen LogP contribution in [-0.4, -0.2) is 30.3 Å². The van der Waals surface area contributed by atoms with Crippen molar-refractivity contribution in [3.05, 3.63) is 41.2 Å². The van der Waals surface area contributed by atoms with E-state index in [4.69, 9.17) is 4.74 Å². The van der Waals surface area contributed by atoms with E-state index in [1.165, 1.54) is 18.2 Å². The van der Waals surface area contributed by atoms with Gasteiger partial charge in [0.25, 0.3) is 6.43 Å². The molecule has 2 unspecified atom stereocenters. The molecule has 0 spiro atoms. The number of rotatable bonds is 7. The molecular weight excluding hydrogens is 328 g/mol. The van der Waals surface area contributed by atoms with Crippen LogP contribution in [-0.2, 0) is 16.0 Å². The maximum atomic E-state index is 13.2. The lowest BCUT2D eigenvalue weighted by atomic mass is 9.72. The van der Waals surface area contributed by atoms with Gasteiger partial charge in [0.05, 0.1) is 11.1 Å². The molecule has 134 valence electrons. The van der Waals surface area contributed by atoms with Crippen LogP contribution in [0.1, 0.15) is 53.9 Å². The molecule has 0 aliphatic heterocycles. The minimum Gasteiger partial charge on any atom is -0.385 e. The topological polar surface area (TPSA) is 56.3 Å². The third-order valence-electron chi connectivity index (χ3n) is 5.20. The molecule has 1 aromatic rings. The van der Waals surface area contributed by atoms with Crippen LogP contribution in [0.15, 0.2) is 24.3 Å². The molecule has 0 saturated heterocycles. The van der Waals surface area contributed by atoms with Crippen molar-refractivity contribution in [2.75, 3.05) is 13.7 Å². The highest BCUT2D eigenvalue weighted by molar-refractivity contribution is 6.18. The first-order valence-corrected chi connectivity index (χ1v) is 8.52. The van der Waals surface area contributed by atoms with E-state index in [2.05, 4.69) is 4.98 Å². The summed E-state index contributed by atoms with van der Waals surface area (Å²) >= 11 is 0. The number of aryl methyl sites for hydroxylation is 1. The van der Waals surface area contributed by atoms with Crippen LogP contribution in [0.5, 0.6) is 0 Å². The van der Waals surface area contributed by atoms with Crippen molar-refractivity contribution in [2.24, 2.45) is 11.3 Å². The van der Waals surface area contributed by atoms with Gasteiger partial charge < -0.3 is 4.74 Å². The summed E-state index contributed by atoms with van der Waals surface area (Å²) in [7, 11) is 1.56. The largest absolute Gasteiger partial charge is 0.385 e. The average Bonchev–Trinajstić information content (AvgIpc) is 2.98. The van der Waals surface area contributed by atoms with Gasteiger partial charge in [0, 0.05) is 19.3 Å². The molecule has 3 rings (SSSR count). The molecule has 1 heterocycles. The number of ketones is 2. The zero-order valence-corrected chi connectivity index (χ0v) is 14.1. The van der Waals surface area contributed by atoms with E-state index in [0.29, 0.717) is 43.5 Å². The minimum atomic E-state index is -2.70. The number of allylic oxidation sites excluding steroid dienone is 2. The van der Waals surface area contributed by atoms with Crippen LogP contribution in [0.4, 0.5) is 8.78 Å². The van der Waals surface area contributed by atoms with Crippen LogP contribution < -0.4 is 0 Å². The number of halogens is 2. The molecule has 25 heavy (non-hydrogen) atoms. The average molecular weight is 349 g/mol. The Morgan fingerprint density at radius 2 is 2.24 bits per heavy atom. The third-order valence-corrected chi connectivity index (χ3v) is 5.20. The van der Waals surface area contributed by atoms with Crippen LogP contribution in [0.3, 0.4) is 0 Å². The molecule has 1 saturated carbocycles. The highest BCUT2D eigenvalue weighted by Crippen LogP contribution is 2.48. The molecule has 1 aromatic heterocycles. The molecule has 1 fully saturated rings. The fourth-order valence-corrected chi connectivity index (χ4v) is 3.85. The van der Waals surface area contributed by atoms with Gasteiger partial charge >= 0.3 is 0 Å². The summed E-state index contributed by atoms with van der Waals surface area (Å²) in [5.74, 6) is -0.205. The van der Waals surface area contributed by atoms with Crippen LogP contribution >= 0.6 is 0 Å². The Kier molecular flexibility index (Phi) is 5.08. The molecule has 2 bridgehead atoms. The maximum Gasteiger partial charge on any atom is 0.280 e. The summed E-state index contributed by atoms with van der Waals surface area (Å²) in [5, 5.41) is 0. The number of carbonyl (C=O) groups excluding carboxylic acids is 2. The van der Waals surface area contributed by atoms with Gasteiger partial charge in [-0.25, -0.2) is 8.78 Å². The van der Waals surface area contributed by atoms with Gasteiger partial charge in [-0.05, 0) is 56.2 Å². The Labute approximate surface area is 145 Å². The Morgan fingerprint density at radius 1 is 1.44 bits per heavy atom. The molecule has 2 aliphatic carbocycles. The monoisotopic (exact) mass is 349 g/mol. The second-order valence-corrected chi connectivity index (χ2v) is 6.76. The van der Waals surface area contributed by atoms with Crippen molar-refractivity contribution in [3.63, 3.8) is 0 Å². The van der Waals surface area contributed by atoms with E-state index in [1.54, 1.807) is 7.11 Å². The van der Waals surface area contributed by atoms with Crippen molar-refractivity contribution in [3.8, 4) is 0 Å². The number of aromatic nitrogens is 1. The zero-order chi connectivity index (χ0) is 18.0. The molecule has 2 aliphatic rings. The molecule has 4 nitrogen and oxygen atoms in total. The standard InChI is InChI=1S/C19H21F2NO3/c1-25-10-2-3-14-13(5-6-15(22-14)18(20)21)17(24)19-9-8-12(11-19)4-7-16(19)23/h4-7,12,18H,2-3,8-11H2,1H3. The summed E-state index contributed by atoms with van der Waals surface area (Å²) in [6.45, 7) is 0.448. The summed E-state index contributed by atoms with van der Waals surface area (Å²) in [5.41, 5.74) is -0.755. The highest BCUT2D eigenvalue weighted by atomic mass is 19.3. The van der Waals surface area contributed by atoms with Crippen molar-refractivity contribution >= 4 is 11.6 Å². The Balaban J connectivity index is 1.96. The number of alkyl halides is 2. The number of Topliss-reactive ketones (excluding diaryl/α,β-unsaturated/α-hetero) is 1. The zero-order valence-electron chi connectivity index (χ0n) is 14.1. The van der Waals surface area contributed by atoms with E-state index in [1.807, 2.05) is 6.08 Å². The molecule has 0 radical (unpaired) electrons. The van der Waals surface area contributed by atoms with Crippen LogP contribution in [0, 0.1) is 11.3 Å². The smallest absolute Gasteiger partial charge is 0.280 e. The predicted octanol–water partition coefficient (Wildman–Crippen LogP) is 3.71. The number of ether oxygens (including phenoxy) is 1. The number of carbonyl (C=O) groups is 2.